The van der Waals surface area contributed by atoms with Crippen molar-refractivity contribution in [1.82, 2.24) is 0 Å². The molecular weight excluding hydrogens is 220 g/mol. The van der Waals surface area contributed by atoms with Gasteiger partial charge in [0.25, 0.3) is 0 Å². The van der Waals surface area contributed by atoms with Crippen molar-refractivity contribution in [1.29, 1.82) is 0 Å². The van der Waals surface area contributed by atoms with Gasteiger partial charge in [0.1, 0.15) is 11.5 Å². The van der Waals surface area contributed by atoms with Gasteiger partial charge in [0.05, 0.1) is 19.6 Å². The van der Waals surface area contributed by atoms with Crippen molar-refractivity contribution in [2.45, 2.75) is 19.3 Å². The van der Waals surface area contributed by atoms with Crippen LogP contribution in [-0.4, -0.2) is 24.8 Å². The topological polar surface area (TPSA) is 55.8 Å². The van der Waals surface area contributed by atoms with E-state index in [1.807, 2.05) is 13.0 Å². The lowest BCUT2D eigenvalue weighted by atomic mass is 9.82. The Balaban J connectivity index is 2.37. The van der Waals surface area contributed by atoms with Crippen LogP contribution in [0.3, 0.4) is 0 Å². The maximum atomic E-state index is 11.6. The molecule has 1 aromatic rings. The van der Waals surface area contributed by atoms with Gasteiger partial charge in [0.2, 0.25) is 0 Å². The molecule has 2 rings (SSSR count). The number of fused-ring (bicyclic) bond motifs is 1. The molecule has 2 unspecified atom stereocenters. The van der Waals surface area contributed by atoms with Gasteiger partial charge in [0, 0.05) is 11.5 Å². The Labute approximate surface area is 100 Å². The lowest BCUT2D eigenvalue weighted by Gasteiger charge is -2.29. The van der Waals surface area contributed by atoms with Crippen molar-refractivity contribution in [3.05, 3.63) is 23.8 Å². The van der Waals surface area contributed by atoms with E-state index in [1.54, 1.807) is 12.1 Å². The number of ether oxygens (including phenoxy) is 2. The molecule has 1 heterocycles. The largest absolute Gasteiger partial charge is 0.508 e. The van der Waals surface area contributed by atoms with Crippen LogP contribution in [0, 0.1) is 5.92 Å². The third-order valence-electron chi connectivity index (χ3n) is 3.28. The Morgan fingerprint density at radius 2 is 2.35 bits per heavy atom. The van der Waals surface area contributed by atoms with Crippen LogP contribution in [0.25, 0.3) is 0 Å². The predicted molar refractivity (Wildman–Crippen MR) is 62.1 cm³/mol. The molecule has 4 heteroatoms. The summed E-state index contributed by atoms with van der Waals surface area (Å²) in [5.74, 6) is 0.259. The van der Waals surface area contributed by atoms with Gasteiger partial charge in [-0.1, -0.05) is 13.0 Å². The van der Waals surface area contributed by atoms with Crippen LogP contribution in [0.5, 0.6) is 11.5 Å². The Morgan fingerprint density at radius 3 is 3.06 bits per heavy atom. The summed E-state index contributed by atoms with van der Waals surface area (Å²) in [6.07, 6.45) is 0.709. The quantitative estimate of drug-likeness (QED) is 0.799. The number of phenols is 1. The standard InChI is InChI=1S/C13H16O4/c1-8(13(15)16-2)9-6-7-17-11-5-3-4-10(14)12(9)11/h3-5,8-9,14H,6-7H2,1-2H3. The van der Waals surface area contributed by atoms with Gasteiger partial charge in [-0.15, -0.1) is 0 Å². The van der Waals surface area contributed by atoms with E-state index >= 15 is 0 Å². The molecule has 0 bridgehead atoms. The second kappa shape index (κ2) is 4.65. The number of carbonyl (C=O) groups excluding carboxylic acids is 1. The summed E-state index contributed by atoms with van der Waals surface area (Å²) < 4.78 is 10.2. The lowest BCUT2D eigenvalue weighted by molar-refractivity contribution is -0.145. The second-order valence-electron chi connectivity index (χ2n) is 4.24. The van der Waals surface area contributed by atoms with Crippen molar-refractivity contribution in [2.75, 3.05) is 13.7 Å². The molecule has 0 radical (unpaired) electrons. The Bertz CT molecular complexity index is 427. The summed E-state index contributed by atoms with van der Waals surface area (Å²) >= 11 is 0. The van der Waals surface area contributed by atoms with Crippen LogP contribution in [0.2, 0.25) is 0 Å². The molecule has 1 aliphatic heterocycles. The van der Waals surface area contributed by atoms with Gasteiger partial charge in [-0.2, -0.15) is 0 Å². The van der Waals surface area contributed by atoms with E-state index in [9.17, 15) is 9.90 Å². The third kappa shape index (κ3) is 2.07. The van der Waals surface area contributed by atoms with E-state index in [0.29, 0.717) is 18.8 Å². The van der Waals surface area contributed by atoms with Crippen molar-refractivity contribution in [3.8, 4) is 11.5 Å². The molecule has 0 spiro atoms. The van der Waals surface area contributed by atoms with E-state index in [2.05, 4.69) is 0 Å². The Morgan fingerprint density at radius 1 is 1.59 bits per heavy atom. The second-order valence-corrected chi connectivity index (χ2v) is 4.24. The fourth-order valence-electron chi connectivity index (χ4n) is 2.32. The smallest absolute Gasteiger partial charge is 0.308 e. The van der Waals surface area contributed by atoms with Crippen LogP contribution in [-0.2, 0) is 9.53 Å². The molecule has 1 N–H and O–H groups in total. The highest BCUT2D eigenvalue weighted by Crippen LogP contribution is 2.43. The highest BCUT2D eigenvalue weighted by atomic mass is 16.5. The van der Waals surface area contributed by atoms with E-state index in [1.165, 1.54) is 7.11 Å². The number of methoxy groups -OCH3 is 1. The fraction of sp³-hybridized carbons (Fsp3) is 0.462. The zero-order valence-corrected chi connectivity index (χ0v) is 9.97. The maximum Gasteiger partial charge on any atom is 0.308 e. The molecule has 4 nitrogen and oxygen atoms in total. The molecule has 0 amide bonds. The number of phenolic OH excluding ortho intramolecular Hbond substituents is 1. The lowest BCUT2D eigenvalue weighted by Crippen LogP contribution is -2.25. The van der Waals surface area contributed by atoms with Gasteiger partial charge in [-0.25, -0.2) is 0 Å². The summed E-state index contributed by atoms with van der Waals surface area (Å²) in [5, 5.41) is 9.90. The van der Waals surface area contributed by atoms with E-state index in [0.717, 1.165) is 5.56 Å². The minimum atomic E-state index is -0.282. The number of benzene rings is 1. The molecule has 0 saturated carbocycles. The first-order chi connectivity index (χ1) is 8.15. The summed E-state index contributed by atoms with van der Waals surface area (Å²) in [4.78, 5) is 11.6. The van der Waals surface area contributed by atoms with Crippen molar-refractivity contribution in [3.63, 3.8) is 0 Å². The number of esters is 1. The fourth-order valence-corrected chi connectivity index (χ4v) is 2.32. The Kier molecular flexibility index (Phi) is 3.22. The molecule has 17 heavy (non-hydrogen) atoms. The first-order valence-electron chi connectivity index (χ1n) is 5.67. The van der Waals surface area contributed by atoms with Gasteiger partial charge in [-0.05, 0) is 18.6 Å². The number of carbonyl (C=O) groups is 1. The number of hydrogen-bond acceptors (Lipinski definition) is 4. The molecule has 2 atom stereocenters. The molecule has 92 valence electrons. The van der Waals surface area contributed by atoms with Gasteiger partial charge in [0.15, 0.2) is 0 Å². The minimum Gasteiger partial charge on any atom is -0.508 e. The minimum absolute atomic E-state index is 0.0487. The van der Waals surface area contributed by atoms with Crippen LogP contribution >= 0.6 is 0 Å². The van der Waals surface area contributed by atoms with Crippen molar-refractivity contribution in [2.24, 2.45) is 5.92 Å². The number of aromatic hydroxyl groups is 1. The van der Waals surface area contributed by atoms with Crippen LogP contribution < -0.4 is 4.74 Å². The van der Waals surface area contributed by atoms with E-state index in [4.69, 9.17) is 9.47 Å². The summed E-state index contributed by atoms with van der Waals surface area (Å²) in [5.41, 5.74) is 0.719. The van der Waals surface area contributed by atoms with Gasteiger partial charge >= 0.3 is 5.97 Å². The molecule has 0 aromatic heterocycles. The molecule has 0 saturated heterocycles. The van der Waals surface area contributed by atoms with Gasteiger partial charge in [-0.3, -0.25) is 4.79 Å². The van der Waals surface area contributed by atoms with Crippen molar-refractivity contribution < 1.29 is 19.4 Å². The first-order valence-corrected chi connectivity index (χ1v) is 5.67. The number of rotatable bonds is 2. The van der Waals surface area contributed by atoms with Crippen LogP contribution in [0.4, 0.5) is 0 Å². The first kappa shape index (κ1) is 11.8. The SMILES string of the molecule is COC(=O)C(C)C1CCOc2cccc(O)c21. The van der Waals surface area contributed by atoms with Crippen LogP contribution in [0.15, 0.2) is 18.2 Å². The highest BCUT2D eigenvalue weighted by molar-refractivity contribution is 5.73. The summed E-state index contributed by atoms with van der Waals surface area (Å²) in [7, 11) is 1.38. The maximum absolute atomic E-state index is 11.6. The van der Waals surface area contributed by atoms with Crippen molar-refractivity contribution >= 4 is 5.97 Å². The van der Waals surface area contributed by atoms with Gasteiger partial charge < -0.3 is 14.6 Å². The third-order valence-corrected chi connectivity index (χ3v) is 3.28. The summed E-state index contributed by atoms with van der Waals surface area (Å²) in [6, 6.07) is 5.16. The average Bonchev–Trinajstić information content (AvgIpc) is 2.36. The van der Waals surface area contributed by atoms with E-state index in [-0.39, 0.29) is 23.6 Å². The molecule has 1 aromatic carbocycles. The zero-order chi connectivity index (χ0) is 12.4. The highest BCUT2D eigenvalue weighted by Gasteiger charge is 2.33. The number of hydrogen-bond donors (Lipinski definition) is 1. The molecular formula is C13H16O4. The molecule has 0 fully saturated rings. The summed E-state index contributed by atoms with van der Waals surface area (Å²) in [6.45, 7) is 2.38. The van der Waals surface area contributed by atoms with Crippen LogP contribution in [0.1, 0.15) is 24.8 Å². The zero-order valence-electron chi connectivity index (χ0n) is 9.97. The normalized spacial score (nSPS) is 20.0. The average molecular weight is 236 g/mol. The molecule has 0 aliphatic carbocycles. The van der Waals surface area contributed by atoms with E-state index < -0.39 is 0 Å². The predicted octanol–water partition coefficient (Wildman–Crippen LogP) is 2.07. The monoisotopic (exact) mass is 236 g/mol. The molecule has 1 aliphatic rings. The Hall–Kier alpha value is -1.71.